The number of hydrogen-bond acceptors (Lipinski definition) is 3. The van der Waals surface area contributed by atoms with Gasteiger partial charge in [0.15, 0.2) is 0 Å². The van der Waals surface area contributed by atoms with Gasteiger partial charge < -0.3 is 10.1 Å². The van der Waals surface area contributed by atoms with Gasteiger partial charge in [-0.2, -0.15) is 17.6 Å². The van der Waals surface area contributed by atoms with Crippen molar-refractivity contribution in [2.75, 3.05) is 6.54 Å². The molecular formula is C27H22F8N2O2. The molecule has 1 fully saturated rings. The zero-order valence-electron chi connectivity index (χ0n) is 20.0. The molecule has 3 aromatic rings. The summed E-state index contributed by atoms with van der Waals surface area (Å²) in [5, 5.41) is 5.04. The Morgan fingerprint density at radius 2 is 1.64 bits per heavy atom. The number of nitrogens with one attached hydrogen (secondary N) is 2. The van der Waals surface area contributed by atoms with E-state index in [4.69, 9.17) is 0 Å². The van der Waals surface area contributed by atoms with Crippen LogP contribution in [0.25, 0.3) is 0 Å². The van der Waals surface area contributed by atoms with Crippen LogP contribution in [-0.2, 0) is 16.8 Å². The number of carbonyl (C=O) groups is 1. The quantitative estimate of drug-likeness (QED) is 0.327. The van der Waals surface area contributed by atoms with Crippen LogP contribution < -0.4 is 15.4 Å². The predicted octanol–water partition coefficient (Wildman–Crippen LogP) is 5.80. The smallest absolute Gasteiger partial charge is 0.428 e. The lowest BCUT2D eigenvalue weighted by atomic mass is 9.77. The minimum Gasteiger partial charge on any atom is -0.428 e. The fraction of sp³-hybridized carbons (Fsp3) is 0.296. The first-order valence-corrected chi connectivity index (χ1v) is 11.7. The van der Waals surface area contributed by atoms with Crippen molar-refractivity contribution in [1.82, 2.24) is 10.6 Å². The van der Waals surface area contributed by atoms with Crippen molar-refractivity contribution in [3.05, 3.63) is 101 Å². The van der Waals surface area contributed by atoms with Crippen LogP contribution >= 0.6 is 0 Å². The van der Waals surface area contributed by atoms with Gasteiger partial charge in [0.1, 0.15) is 17.4 Å². The van der Waals surface area contributed by atoms with Gasteiger partial charge >= 0.3 is 12.5 Å². The van der Waals surface area contributed by atoms with Gasteiger partial charge in [0.25, 0.3) is 5.92 Å². The molecule has 0 saturated carbocycles. The standard InChI is InChI=1S/C27H22F8N2O2/c28-19-8-6-17(7-9-19)26(13-16-4-2-1-3-5-16,37-23(38)22-14-25(32,33)15-36-22)18-10-20(29)12-21(11-18)39-27(34,35)24(30)31/h1-12,22,24,36H,13-15H2,(H,37,38)/t22-,26+/m0/s1. The Labute approximate surface area is 218 Å². The molecule has 1 amide bonds. The summed E-state index contributed by atoms with van der Waals surface area (Å²) in [7, 11) is 0. The van der Waals surface area contributed by atoms with E-state index >= 15 is 0 Å². The Hall–Kier alpha value is -3.67. The van der Waals surface area contributed by atoms with Gasteiger partial charge in [0, 0.05) is 18.9 Å². The van der Waals surface area contributed by atoms with Gasteiger partial charge in [-0.05, 0) is 41.0 Å². The van der Waals surface area contributed by atoms with Gasteiger partial charge in [-0.25, -0.2) is 17.6 Å². The van der Waals surface area contributed by atoms with Crippen molar-refractivity contribution in [3.63, 3.8) is 0 Å². The number of hydrogen-bond donors (Lipinski definition) is 2. The molecule has 0 bridgehead atoms. The minimum atomic E-state index is -4.97. The Morgan fingerprint density at radius 3 is 2.23 bits per heavy atom. The zero-order chi connectivity index (χ0) is 28.4. The molecule has 39 heavy (non-hydrogen) atoms. The van der Waals surface area contributed by atoms with Crippen molar-refractivity contribution in [1.29, 1.82) is 0 Å². The third-order valence-electron chi connectivity index (χ3n) is 6.28. The summed E-state index contributed by atoms with van der Waals surface area (Å²) in [5.74, 6) is -6.94. The fourth-order valence-corrected chi connectivity index (χ4v) is 4.46. The lowest BCUT2D eigenvalue weighted by Gasteiger charge is -2.37. The van der Waals surface area contributed by atoms with E-state index in [1.807, 2.05) is 0 Å². The largest absolute Gasteiger partial charge is 0.461 e. The second-order valence-corrected chi connectivity index (χ2v) is 9.20. The Morgan fingerprint density at radius 1 is 0.974 bits per heavy atom. The molecule has 3 aromatic carbocycles. The summed E-state index contributed by atoms with van der Waals surface area (Å²) in [4.78, 5) is 13.3. The summed E-state index contributed by atoms with van der Waals surface area (Å²) in [5.41, 5.74) is -1.46. The molecule has 208 valence electrons. The molecule has 0 aromatic heterocycles. The predicted molar refractivity (Wildman–Crippen MR) is 125 cm³/mol. The van der Waals surface area contributed by atoms with E-state index in [1.54, 1.807) is 30.3 Å². The van der Waals surface area contributed by atoms with Gasteiger partial charge in [0.05, 0.1) is 18.1 Å². The Balaban J connectivity index is 1.89. The average Bonchev–Trinajstić information content (AvgIpc) is 3.23. The van der Waals surface area contributed by atoms with Crippen LogP contribution in [0.15, 0.2) is 72.8 Å². The number of amides is 1. The molecule has 12 heteroatoms. The summed E-state index contributed by atoms with van der Waals surface area (Å²) >= 11 is 0. The maximum atomic E-state index is 14.8. The summed E-state index contributed by atoms with van der Waals surface area (Å²) in [6.07, 6.45) is -10.2. The normalized spacial score (nSPS) is 18.5. The van der Waals surface area contributed by atoms with Gasteiger partial charge in [-0.3, -0.25) is 10.1 Å². The van der Waals surface area contributed by atoms with Crippen LogP contribution in [0.2, 0.25) is 0 Å². The number of benzene rings is 3. The van der Waals surface area contributed by atoms with Gasteiger partial charge in [-0.1, -0.05) is 42.5 Å². The molecule has 4 rings (SSSR count). The Kier molecular flexibility index (Phi) is 7.87. The zero-order valence-corrected chi connectivity index (χ0v) is 20.0. The number of rotatable bonds is 9. The van der Waals surface area contributed by atoms with Crippen LogP contribution in [0.4, 0.5) is 35.1 Å². The highest BCUT2D eigenvalue weighted by atomic mass is 19.3. The van der Waals surface area contributed by atoms with E-state index in [0.717, 1.165) is 24.3 Å². The minimum absolute atomic E-state index is 0.128. The first-order chi connectivity index (χ1) is 18.3. The Bertz CT molecular complexity index is 1300. The molecular weight excluding hydrogens is 536 g/mol. The molecule has 1 heterocycles. The second-order valence-electron chi connectivity index (χ2n) is 9.20. The molecule has 1 aliphatic heterocycles. The highest BCUT2D eigenvalue weighted by Crippen LogP contribution is 2.38. The molecule has 2 N–H and O–H groups in total. The van der Waals surface area contributed by atoms with E-state index in [1.165, 1.54) is 12.1 Å². The first-order valence-electron chi connectivity index (χ1n) is 11.7. The van der Waals surface area contributed by atoms with Crippen LogP contribution in [0.1, 0.15) is 23.1 Å². The molecule has 0 unspecified atom stereocenters. The SMILES string of the molecule is O=C(N[C@](Cc1ccccc1)(c1ccc(F)cc1)c1cc(F)cc(OC(F)(F)C(F)F)c1)[C@@H]1CC(F)(F)CN1. The summed E-state index contributed by atoms with van der Waals surface area (Å²) < 4.78 is 114. The van der Waals surface area contributed by atoms with Crippen LogP contribution in [0, 0.1) is 11.6 Å². The maximum absolute atomic E-state index is 14.8. The van der Waals surface area contributed by atoms with Crippen molar-refractivity contribution in [2.24, 2.45) is 0 Å². The van der Waals surface area contributed by atoms with E-state index in [-0.39, 0.29) is 17.5 Å². The average molecular weight is 558 g/mol. The molecule has 1 saturated heterocycles. The summed E-state index contributed by atoms with van der Waals surface area (Å²) in [6, 6.07) is 13.6. The summed E-state index contributed by atoms with van der Waals surface area (Å²) in [6.45, 7) is -0.770. The third kappa shape index (κ3) is 6.49. The molecule has 0 aliphatic carbocycles. The van der Waals surface area contributed by atoms with Gasteiger partial charge in [0.2, 0.25) is 5.91 Å². The molecule has 1 aliphatic rings. The fourth-order valence-electron chi connectivity index (χ4n) is 4.46. The molecule has 0 radical (unpaired) electrons. The van der Waals surface area contributed by atoms with Crippen molar-refractivity contribution < 1.29 is 44.7 Å². The van der Waals surface area contributed by atoms with Crippen LogP contribution in [-0.4, -0.2) is 37.0 Å². The van der Waals surface area contributed by atoms with Crippen LogP contribution in [0.5, 0.6) is 5.75 Å². The van der Waals surface area contributed by atoms with Crippen molar-refractivity contribution in [3.8, 4) is 5.75 Å². The monoisotopic (exact) mass is 558 g/mol. The van der Waals surface area contributed by atoms with Crippen molar-refractivity contribution >= 4 is 5.91 Å². The number of carbonyl (C=O) groups excluding carboxylic acids is 1. The lowest BCUT2D eigenvalue weighted by molar-refractivity contribution is -0.253. The highest BCUT2D eigenvalue weighted by molar-refractivity contribution is 5.84. The third-order valence-corrected chi connectivity index (χ3v) is 6.28. The van der Waals surface area contributed by atoms with Crippen molar-refractivity contribution in [2.45, 2.75) is 42.9 Å². The number of alkyl halides is 6. The molecule has 4 nitrogen and oxygen atoms in total. The molecule has 0 spiro atoms. The van der Waals surface area contributed by atoms with E-state index < -0.39 is 66.3 Å². The maximum Gasteiger partial charge on any atom is 0.461 e. The van der Waals surface area contributed by atoms with Gasteiger partial charge in [-0.15, -0.1) is 0 Å². The highest BCUT2D eigenvalue weighted by Gasteiger charge is 2.47. The van der Waals surface area contributed by atoms with E-state index in [0.29, 0.717) is 11.6 Å². The van der Waals surface area contributed by atoms with E-state index in [9.17, 15) is 39.9 Å². The number of ether oxygens (including phenoxy) is 1. The van der Waals surface area contributed by atoms with Crippen LogP contribution in [0.3, 0.4) is 0 Å². The van der Waals surface area contributed by atoms with E-state index in [2.05, 4.69) is 15.4 Å². The topological polar surface area (TPSA) is 50.4 Å². The lowest BCUT2D eigenvalue weighted by Crippen LogP contribution is -2.53. The first kappa shape index (κ1) is 28.3. The number of halogens is 8. The second kappa shape index (κ2) is 10.8. The molecule has 2 atom stereocenters.